The first-order valence-electron chi connectivity index (χ1n) is 9.06. The maximum Gasteiger partial charge on any atom is 0.251 e. The summed E-state index contributed by atoms with van der Waals surface area (Å²) in [5.74, 6) is -0.181. The zero-order valence-corrected chi connectivity index (χ0v) is 15.6. The van der Waals surface area contributed by atoms with E-state index in [1.807, 2.05) is 24.5 Å². The van der Waals surface area contributed by atoms with Gasteiger partial charge in [0.15, 0.2) is 0 Å². The van der Waals surface area contributed by atoms with Crippen LogP contribution < -0.4 is 5.32 Å². The first-order chi connectivity index (χ1) is 12.6. The maximum atomic E-state index is 12.6. The van der Waals surface area contributed by atoms with E-state index in [1.165, 1.54) is 16.4 Å². The van der Waals surface area contributed by atoms with Crippen molar-refractivity contribution in [3.05, 3.63) is 54.4 Å². The Morgan fingerprint density at radius 3 is 2.31 bits per heavy atom. The topological polar surface area (TPSA) is 71.4 Å². The zero-order valence-electron chi connectivity index (χ0n) is 14.8. The van der Waals surface area contributed by atoms with Crippen LogP contribution >= 0.6 is 0 Å². The minimum Gasteiger partial charge on any atom is -0.354 e. The number of amides is 1. The number of carbonyl (C=O) groups excluding carboxylic acids is 1. The molecule has 140 valence electrons. The van der Waals surface area contributed by atoms with E-state index >= 15 is 0 Å². The van der Waals surface area contributed by atoms with E-state index in [9.17, 15) is 13.2 Å². The van der Waals surface area contributed by atoms with Gasteiger partial charge in [0.2, 0.25) is 10.0 Å². The van der Waals surface area contributed by atoms with Crippen LogP contribution in [-0.2, 0) is 16.6 Å². The summed E-state index contributed by atoms with van der Waals surface area (Å²) in [5.41, 5.74) is 0.476. The predicted molar refractivity (Wildman–Crippen MR) is 100 cm³/mol. The minimum absolute atomic E-state index is 0.181. The number of carbonyl (C=O) groups is 1. The lowest BCUT2D eigenvalue weighted by Crippen LogP contribution is -2.35. The van der Waals surface area contributed by atoms with Crippen LogP contribution in [0.3, 0.4) is 0 Å². The number of benzene rings is 1. The molecule has 0 unspecified atom stereocenters. The highest BCUT2D eigenvalue weighted by Gasteiger charge is 2.25. The van der Waals surface area contributed by atoms with Gasteiger partial charge in [-0.25, -0.2) is 8.42 Å². The summed E-state index contributed by atoms with van der Waals surface area (Å²) in [4.78, 5) is 12.4. The third kappa shape index (κ3) is 4.53. The molecule has 0 aliphatic carbocycles. The summed E-state index contributed by atoms with van der Waals surface area (Å²) in [6.45, 7) is 2.57. The second-order valence-corrected chi connectivity index (χ2v) is 8.46. The number of sulfonamides is 1. The van der Waals surface area contributed by atoms with Crippen LogP contribution in [0, 0.1) is 0 Å². The number of hydrogen-bond acceptors (Lipinski definition) is 3. The highest BCUT2D eigenvalue weighted by Crippen LogP contribution is 2.20. The first kappa shape index (κ1) is 18.7. The molecule has 0 radical (unpaired) electrons. The summed E-state index contributed by atoms with van der Waals surface area (Å²) >= 11 is 0. The molecule has 1 aromatic heterocycles. The minimum atomic E-state index is -3.45. The van der Waals surface area contributed by atoms with Crippen LogP contribution in [0.4, 0.5) is 0 Å². The van der Waals surface area contributed by atoms with Crippen LogP contribution in [0.15, 0.2) is 53.7 Å². The molecule has 6 nitrogen and oxygen atoms in total. The van der Waals surface area contributed by atoms with Gasteiger partial charge >= 0.3 is 0 Å². The fourth-order valence-electron chi connectivity index (χ4n) is 3.12. The van der Waals surface area contributed by atoms with Gasteiger partial charge in [-0.3, -0.25) is 4.79 Å². The lowest BCUT2D eigenvalue weighted by atomic mass is 10.2. The fraction of sp³-hybridized carbons (Fsp3) is 0.421. The molecular formula is C19H25N3O3S. The SMILES string of the molecule is O=C(NCCCn1cccc1)c1ccc(S(=O)(=O)N2CCCCC2)cc1. The van der Waals surface area contributed by atoms with E-state index in [-0.39, 0.29) is 10.8 Å². The van der Waals surface area contributed by atoms with E-state index in [0.29, 0.717) is 25.2 Å². The molecule has 0 atom stereocenters. The van der Waals surface area contributed by atoms with Crippen molar-refractivity contribution in [1.82, 2.24) is 14.2 Å². The van der Waals surface area contributed by atoms with Crippen molar-refractivity contribution in [1.29, 1.82) is 0 Å². The number of aromatic nitrogens is 1. The third-order valence-electron chi connectivity index (χ3n) is 4.61. The van der Waals surface area contributed by atoms with Crippen molar-refractivity contribution in [3.8, 4) is 0 Å². The Kier molecular flexibility index (Phi) is 6.11. The van der Waals surface area contributed by atoms with Crippen LogP contribution in [0.2, 0.25) is 0 Å². The van der Waals surface area contributed by atoms with E-state index in [2.05, 4.69) is 9.88 Å². The number of aryl methyl sites for hydroxylation is 1. The lowest BCUT2D eigenvalue weighted by molar-refractivity contribution is 0.0952. The summed E-state index contributed by atoms with van der Waals surface area (Å²) in [6, 6.07) is 10.2. The Hall–Kier alpha value is -2.12. The van der Waals surface area contributed by atoms with Gasteiger partial charge in [-0.15, -0.1) is 0 Å². The maximum absolute atomic E-state index is 12.6. The van der Waals surface area contributed by atoms with Crippen molar-refractivity contribution in [2.75, 3.05) is 19.6 Å². The molecule has 1 amide bonds. The molecule has 2 heterocycles. The Morgan fingerprint density at radius 1 is 1.00 bits per heavy atom. The molecule has 0 bridgehead atoms. The number of nitrogens with one attached hydrogen (secondary N) is 1. The van der Waals surface area contributed by atoms with E-state index < -0.39 is 10.0 Å². The Bertz CT molecular complexity index is 808. The number of nitrogens with zero attached hydrogens (tertiary/aromatic N) is 2. The average molecular weight is 375 g/mol. The van der Waals surface area contributed by atoms with Crippen LogP contribution in [-0.4, -0.2) is 42.8 Å². The van der Waals surface area contributed by atoms with E-state index in [0.717, 1.165) is 32.2 Å². The Labute approximate surface area is 154 Å². The molecule has 1 fully saturated rings. The highest BCUT2D eigenvalue weighted by molar-refractivity contribution is 7.89. The Morgan fingerprint density at radius 2 is 1.65 bits per heavy atom. The van der Waals surface area contributed by atoms with Gasteiger partial charge in [-0.05, 0) is 55.7 Å². The van der Waals surface area contributed by atoms with Gasteiger partial charge in [-0.2, -0.15) is 4.31 Å². The normalized spacial score (nSPS) is 15.7. The molecule has 1 N–H and O–H groups in total. The molecule has 3 rings (SSSR count). The molecule has 26 heavy (non-hydrogen) atoms. The molecule has 0 saturated carbocycles. The van der Waals surface area contributed by atoms with Crippen molar-refractivity contribution < 1.29 is 13.2 Å². The van der Waals surface area contributed by atoms with Gasteiger partial charge in [0.25, 0.3) is 5.91 Å². The predicted octanol–water partition coefficient (Wildman–Crippen LogP) is 2.48. The average Bonchev–Trinajstić information content (AvgIpc) is 3.19. The standard InChI is InChI=1S/C19H25N3O3S/c23-19(20-11-6-14-21-12-4-5-13-21)17-7-9-18(10-8-17)26(24,25)22-15-2-1-3-16-22/h4-5,7-10,12-13H,1-3,6,11,14-16H2,(H,20,23). The Balaban J connectivity index is 1.53. The summed E-state index contributed by atoms with van der Waals surface area (Å²) in [7, 11) is -3.45. The van der Waals surface area contributed by atoms with Crippen molar-refractivity contribution >= 4 is 15.9 Å². The summed E-state index contributed by atoms with van der Waals surface area (Å²) in [5, 5.41) is 2.87. The third-order valence-corrected chi connectivity index (χ3v) is 6.53. The lowest BCUT2D eigenvalue weighted by Gasteiger charge is -2.25. The number of hydrogen-bond donors (Lipinski definition) is 1. The van der Waals surface area contributed by atoms with Gasteiger partial charge in [0.1, 0.15) is 0 Å². The summed E-state index contributed by atoms with van der Waals surface area (Å²) in [6.07, 6.45) is 7.70. The van der Waals surface area contributed by atoms with Crippen molar-refractivity contribution in [2.45, 2.75) is 37.1 Å². The molecule has 2 aromatic rings. The van der Waals surface area contributed by atoms with E-state index in [1.54, 1.807) is 12.1 Å². The second kappa shape index (κ2) is 8.51. The van der Waals surface area contributed by atoms with E-state index in [4.69, 9.17) is 0 Å². The van der Waals surface area contributed by atoms with Crippen LogP contribution in [0.1, 0.15) is 36.0 Å². The van der Waals surface area contributed by atoms with Crippen LogP contribution in [0.25, 0.3) is 0 Å². The zero-order chi connectivity index (χ0) is 18.4. The molecule has 1 aliphatic heterocycles. The monoisotopic (exact) mass is 375 g/mol. The smallest absolute Gasteiger partial charge is 0.251 e. The molecular weight excluding hydrogens is 350 g/mol. The molecule has 1 aliphatic rings. The van der Waals surface area contributed by atoms with Gasteiger partial charge in [0, 0.05) is 44.1 Å². The molecule has 1 saturated heterocycles. The quantitative estimate of drug-likeness (QED) is 0.756. The van der Waals surface area contributed by atoms with Crippen molar-refractivity contribution in [2.24, 2.45) is 0 Å². The number of rotatable bonds is 7. The second-order valence-electron chi connectivity index (χ2n) is 6.52. The largest absolute Gasteiger partial charge is 0.354 e. The van der Waals surface area contributed by atoms with Gasteiger partial charge in [0.05, 0.1) is 4.90 Å². The van der Waals surface area contributed by atoms with Crippen molar-refractivity contribution in [3.63, 3.8) is 0 Å². The number of piperidine rings is 1. The molecule has 7 heteroatoms. The molecule has 1 aromatic carbocycles. The molecule has 0 spiro atoms. The first-order valence-corrected chi connectivity index (χ1v) is 10.5. The van der Waals surface area contributed by atoms with Crippen LogP contribution in [0.5, 0.6) is 0 Å². The van der Waals surface area contributed by atoms with Gasteiger partial charge < -0.3 is 9.88 Å². The fourth-order valence-corrected chi connectivity index (χ4v) is 4.63. The highest BCUT2D eigenvalue weighted by atomic mass is 32.2. The van der Waals surface area contributed by atoms with Gasteiger partial charge in [-0.1, -0.05) is 6.42 Å². The summed E-state index contributed by atoms with van der Waals surface area (Å²) < 4.78 is 28.8.